The molecule has 0 amide bonds. The van der Waals surface area contributed by atoms with E-state index in [2.05, 4.69) is 10.1 Å². The van der Waals surface area contributed by atoms with Crippen LogP contribution in [0.2, 0.25) is 0 Å². The first-order valence-electron chi connectivity index (χ1n) is 1.08. The van der Waals surface area contributed by atoms with Gasteiger partial charge < -0.3 is 9.26 Å². The molecule has 0 saturated carbocycles. The molecule has 0 rings (SSSR count). The first-order valence-corrected chi connectivity index (χ1v) is 2.16. The van der Waals surface area contributed by atoms with Crippen molar-refractivity contribution in [3.8, 4) is 0 Å². The molecule has 0 aromatic rings. The molecular weight excluding hydrogens is 179 g/mol. The van der Waals surface area contributed by atoms with E-state index in [1.807, 2.05) is 22.9 Å². The van der Waals surface area contributed by atoms with Crippen LogP contribution in [0.15, 0.2) is 12.4 Å². The average Bonchev–Trinajstić information content (AvgIpc) is 1.38. The van der Waals surface area contributed by atoms with E-state index in [4.69, 9.17) is 5.73 Å². The molecule has 0 saturated heterocycles. The molecular formula is C2H5IN2. The van der Waals surface area contributed by atoms with Gasteiger partial charge in [0.2, 0.25) is 0 Å². The van der Waals surface area contributed by atoms with Crippen LogP contribution in [0.3, 0.4) is 0 Å². The molecule has 0 radical (unpaired) electrons. The standard InChI is InChI=1S/C2H5IN2/c1-2(4)5-3/h5H,1,4H2. The molecule has 0 fully saturated rings. The molecule has 30 valence electrons. The van der Waals surface area contributed by atoms with Gasteiger partial charge in [-0.1, -0.05) is 6.58 Å². The van der Waals surface area contributed by atoms with E-state index >= 15 is 0 Å². The van der Waals surface area contributed by atoms with Gasteiger partial charge in [-0.15, -0.1) is 0 Å². The topological polar surface area (TPSA) is 38.0 Å². The predicted molar refractivity (Wildman–Crippen MR) is 30.5 cm³/mol. The second-order valence-corrected chi connectivity index (χ2v) is 1.16. The number of hydrogen-bond acceptors (Lipinski definition) is 2. The molecule has 0 aromatic heterocycles. The molecule has 5 heavy (non-hydrogen) atoms. The van der Waals surface area contributed by atoms with Gasteiger partial charge in [-0.05, 0) is 0 Å². The van der Waals surface area contributed by atoms with Gasteiger partial charge in [0.15, 0.2) is 0 Å². The largest absolute Gasteiger partial charge is 0.385 e. The van der Waals surface area contributed by atoms with Crippen LogP contribution in [0.25, 0.3) is 0 Å². The van der Waals surface area contributed by atoms with Crippen LogP contribution < -0.4 is 9.26 Å². The van der Waals surface area contributed by atoms with E-state index in [1.165, 1.54) is 0 Å². The van der Waals surface area contributed by atoms with Gasteiger partial charge in [0.05, 0.1) is 28.7 Å². The molecule has 0 unspecified atom stereocenters. The van der Waals surface area contributed by atoms with Crippen LogP contribution in [0.5, 0.6) is 0 Å². The lowest BCUT2D eigenvalue weighted by Crippen LogP contribution is -2.05. The van der Waals surface area contributed by atoms with E-state index in [1.54, 1.807) is 0 Å². The van der Waals surface area contributed by atoms with Gasteiger partial charge in [-0.25, -0.2) is 0 Å². The summed E-state index contributed by atoms with van der Waals surface area (Å²) in [5.41, 5.74) is 4.98. The fourth-order valence-corrected chi connectivity index (χ4v) is 0. The van der Waals surface area contributed by atoms with Crippen LogP contribution >= 0.6 is 22.9 Å². The Hall–Kier alpha value is 0.0700. The monoisotopic (exact) mass is 184 g/mol. The van der Waals surface area contributed by atoms with Gasteiger partial charge >= 0.3 is 0 Å². The first-order chi connectivity index (χ1) is 2.27. The number of hydrogen-bond donors (Lipinski definition) is 2. The van der Waals surface area contributed by atoms with Gasteiger partial charge in [-0.2, -0.15) is 0 Å². The zero-order valence-electron chi connectivity index (χ0n) is 2.66. The van der Waals surface area contributed by atoms with Crippen molar-refractivity contribution in [2.45, 2.75) is 0 Å². The third kappa shape index (κ3) is 4.07. The van der Waals surface area contributed by atoms with E-state index in [0.717, 1.165) is 0 Å². The van der Waals surface area contributed by atoms with Crippen molar-refractivity contribution in [1.29, 1.82) is 0 Å². The molecule has 0 aliphatic carbocycles. The molecule has 0 heterocycles. The fourth-order valence-electron chi connectivity index (χ4n) is 0. The summed E-state index contributed by atoms with van der Waals surface area (Å²) < 4.78 is 2.58. The second-order valence-electron chi connectivity index (χ2n) is 0.620. The van der Waals surface area contributed by atoms with Crippen molar-refractivity contribution >= 4 is 22.9 Å². The molecule has 3 N–H and O–H groups in total. The SMILES string of the molecule is C=C(N)NI. The Morgan fingerprint density at radius 2 is 2.20 bits per heavy atom. The summed E-state index contributed by atoms with van der Waals surface area (Å²) in [7, 11) is 0. The van der Waals surface area contributed by atoms with Crippen LogP contribution in [0.4, 0.5) is 0 Å². The van der Waals surface area contributed by atoms with Crippen molar-refractivity contribution in [2.24, 2.45) is 5.73 Å². The highest BCUT2D eigenvalue weighted by molar-refractivity contribution is 14.1. The van der Waals surface area contributed by atoms with Crippen molar-refractivity contribution in [3.05, 3.63) is 12.4 Å². The minimum absolute atomic E-state index is 0.491. The fraction of sp³-hybridized carbons (Fsp3) is 0. The third-order valence-electron chi connectivity index (χ3n) is 0.121. The van der Waals surface area contributed by atoms with Crippen LogP contribution in [0.1, 0.15) is 0 Å². The normalized spacial score (nSPS) is 6.60. The lowest BCUT2D eigenvalue weighted by molar-refractivity contribution is 1.21. The lowest BCUT2D eigenvalue weighted by Gasteiger charge is -1.85. The summed E-state index contributed by atoms with van der Waals surface area (Å²) in [4.78, 5) is 0. The average molecular weight is 184 g/mol. The zero-order chi connectivity index (χ0) is 4.28. The van der Waals surface area contributed by atoms with Crippen molar-refractivity contribution < 1.29 is 0 Å². The number of rotatable bonds is 1. The first kappa shape index (κ1) is 5.07. The highest BCUT2D eigenvalue weighted by Crippen LogP contribution is 1.70. The summed E-state index contributed by atoms with van der Waals surface area (Å²) in [5.74, 6) is 0.491. The van der Waals surface area contributed by atoms with E-state index in [0.29, 0.717) is 5.82 Å². The minimum atomic E-state index is 0.491. The maximum Gasteiger partial charge on any atom is 0.0973 e. The summed E-state index contributed by atoms with van der Waals surface area (Å²) in [6.07, 6.45) is 0. The molecule has 0 aliphatic heterocycles. The number of nitrogens with two attached hydrogens (primary N) is 1. The van der Waals surface area contributed by atoms with Crippen molar-refractivity contribution in [3.63, 3.8) is 0 Å². The summed E-state index contributed by atoms with van der Waals surface area (Å²) in [6.45, 7) is 3.33. The molecule has 2 nitrogen and oxygen atoms in total. The summed E-state index contributed by atoms with van der Waals surface area (Å²) in [5, 5.41) is 0. The Morgan fingerprint density at radius 1 is 2.00 bits per heavy atom. The summed E-state index contributed by atoms with van der Waals surface area (Å²) >= 11 is 1.90. The molecule has 0 aliphatic rings. The summed E-state index contributed by atoms with van der Waals surface area (Å²) in [6, 6.07) is 0. The predicted octanol–water partition coefficient (Wildman–Crippen LogP) is 0.356. The number of halogens is 1. The second kappa shape index (κ2) is 2.32. The Morgan fingerprint density at radius 3 is 2.20 bits per heavy atom. The highest BCUT2D eigenvalue weighted by atomic mass is 127. The Bertz CT molecular complexity index is 42.9. The van der Waals surface area contributed by atoms with Crippen molar-refractivity contribution in [2.75, 3.05) is 0 Å². The maximum atomic E-state index is 4.98. The van der Waals surface area contributed by atoms with Gasteiger partial charge in [0.1, 0.15) is 0 Å². The lowest BCUT2D eigenvalue weighted by atomic mass is 10.9. The number of nitrogens with one attached hydrogen (secondary N) is 1. The molecule has 0 spiro atoms. The van der Waals surface area contributed by atoms with E-state index < -0.39 is 0 Å². The Kier molecular flexibility index (Phi) is 2.35. The van der Waals surface area contributed by atoms with Gasteiger partial charge in [0, 0.05) is 0 Å². The van der Waals surface area contributed by atoms with E-state index in [-0.39, 0.29) is 0 Å². The maximum absolute atomic E-state index is 4.98. The van der Waals surface area contributed by atoms with Crippen LogP contribution in [-0.4, -0.2) is 0 Å². The quantitative estimate of drug-likeness (QED) is 0.456. The molecule has 3 heteroatoms. The third-order valence-corrected chi connectivity index (χ3v) is 0.814. The molecule has 0 atom stereocenters. The molecule has 0 aromatic carbocycles. The smallest absolute Gasteiger partial charge is 0.0973 e. The Balaban J connectivity index is 2.85. The Labute approximate surface area is 44.9 Å². The molecule has 0 bridgehead atoms. The van der Waals surface area contributed by atoms with Crippen molar-refractivity contribution in [1.82, 2.24) is 3.53 Å². The minimum Gasteiger partial charge on any atom is -0.385 e. The van der Waals surface area contributed by atoms with Crippen LogP contribution in [0, 0.1) is 0 Å². The van der Waals surface area contributed by atoms with Gasteiger partial charge in [-0.3, -0.25) is 0 Å². The van der Waals surface area contributed by atoms with Crippen LogP contribution in [-0.2, 0) is 0 Å². The highest BCUT2D eigenvalue weighted by Gasteiger charge is 1.64. The van der Waals surface area contributed by atoms with E-state index in [9.17, 15) is 0 Å². The zero-order valence-corrected chi connectivity index (χ0v) is 4.82. The van der Waals surface area contributed by atoms with Gasteiger partial charge in [0.25, 0.3) is 0 Å².